The van der Waals surface area contributed by atoms with E-state index >= 15 is 0 Å². The average Bonchev–Trinajstić information content (AvgIpc) is 2.47. The van der Waals surface area contributed by atoms with Crippen LogP contribution in [0.2, 0.25) is 0 Å². The Kier molecular flexibility index (Phi) is 4.45. The largest absolute Gasteiger partial charge is 0.508 e. The third kappa shape index (κ3) is 3.32. The van der Waals surface area contributed by atoms with Gasteiger partial charge in [0.1, 0.15) is 11.5 Å². The SMILES string of the molecule is CCN(C(=O)c1cc(O)cc(O)c1)c1ccc(CN)cc1. The molecule has 21 heavy (non-hydrogen) atoms. The maximum atomic E-state index is 12.5. The van der Waals surface area contributed by atoms with Crippen molar-refractivity contribution >= 4 is 11.6 Å². The van der Waals surface area contributed by atoms with Crippen LogP contribution in [0.25, 0.3) is 0 Å². The number of aromatic hydroxyl groups is 2. The molecule has 0 saturated carbocycles. The molecule has 2 aromatic carbocycles. The van der Waals surface area contributed by atoms with Crippen LogP contribution in [-0.4, -0.2) is 22.7 Å². The van der Waals surface area contributed by atoms with E-state index < -0.39 is 0 Å². The molecule has 0 saturated heterocycles. The highest BCUT2D eigenvalue weighted by Gasteiger charge is 2.17. The number of phenols is 2. The minimum absolute atomic E-state index is 0.145. The molecule has 0 unspecified atom stereocenters. The minimum atomic E-state index is -0.288. The fourth-order valence-electron chi connectivity index (χ4n) is 2.13. The van der Waals surface area contributed by atoms with Crippen molar-refractivity contribution in [2.45, 2.75) is 13.5 Å². The fraction of sp³-hybridized carbons (Fsp3) is 0.188. The van der Waals surface area contributed by atoms with Gasteiger partial charge in [-0.15, -0.1) is 0 Å². The third-order valence-electron chi connectivity index (χ3n) is 3.19. The molecule has 0 aliphatic carbocycles. The van der Waals surface area contributed by atoms with Crippen molar-refractivity contribution in [3.63, 3.8) is 0 Å². The number of carbonyl (C=O) groups is 1. The van der Waals surface area contributed by atoms with Gasteiger partial charge < -0.3 is 20.8 Å². The van der Waals surface area contributed by atoms with Gasteiger partial charge in [0.05, 0.1) is 0 Å². The summed E-state index contributed by atoms with van der Waals surface area (Å²) in [5, 5.41) is 19.0. The number of hydrogen-bond donors (Lipinski definition) is 3. The van der Waals surface area contributed by atoms with Gasteiger partial charge in [-0.2, -0.15) is 0 Å². The molecule has 0 fully saturated rings. The maximum Gasteiger partial charge on any atom is 0.258 e. The van der Waals surface area contributed by atoms with E-state index in [1.807, 2.05) is 31.2 Å². The first-order valence-electron chi connectivity index (χ1n) is 6.69. The molecule has 0 aliphatic heterocycles. The first kappa shape index (κ1) is 14.9. The van der Waals surface area contributed by atoms with Crippen LogP contribution >= 0.6 is 0 Å². The molecule has 0 atom stereocenters. The van der Waals surface area contributed by atoms with Crippen LogP contribution < -0.4 is 10.6 Å². The van der Waals surface area contributed by atoms with Crippen LogP contribution in [0, 0.1) is 0 Å². The molecule has 0 radical (unpaired) electrons. The van der Waals surface area contributed by atoms with Gasteiger partial charge in [0.2, 0.25) is 0 Å². The maximum absolute atomic E-state index is 12.5. The van der Waals surface area contributed by atoms with E-state index in [1.54, 1.807) is 4.90 Å². The Morgan fingerprint density at radius 1 is 1.10 bits per heavy atom. The summed E-state index contributed by atoms with van der Waals surface area (Å²) in [7, 11) is 0. The second kappa shape index (κ2) is 6.28. The highest BCUT2D eigenvalue weighted by atomic mass is 16.3. The second-order valence-corrected chi connectivity index (χ2v) is 4.66. The average molecular weight is 286 g/mol. The Bertz CT molecular complexity index is 618. The van der Waals surface area contributed by atoms with Crippen molar-refractivity contribution in [2.75, 3.05) is 11.4 Å². The predicted molar refractivity (Wildman–Crippen MR) is 81.5 cm³/mol. The highest BCUT2D eigenvalue weighted by Crippen LogP contribution is 2.24. The zero-order chi connectivity index (χ0) is 15.4. The lowest BCUT2D eigenvalue weighted by Gasteiger charge is -2.21. The number of amides is 1. The molecule has 5 heteroatoms. The van der Waals surface area contributed by atoms with Crippen LogP contribution in [0.3, 0.4) is 0 Å². The molecule has 2 rings (SSSR count). The Hall–Kier alpha value is -2.53. The van der Waals surface area contributed by atoms with Crippen LogP contribution in [0.15, 0.2) is 42.5 Å². The minimum Gasteiger partial charge on any atom is -0.508 e. The summed E-state index contributed by atoms with van der Waals surface area (Å²) in [6.45, 7) is 2.77. The van der Waals surface area contributed by atoms with Crippen molar-refractivity contribution in [2.24, 2.45) is 5.73 Å². The number of carbonyl (C=O) groups excluding carboxylic acids is 1. The number of anilines is 1. The summed E-state index contributed by atoms with van der Waals surface area (Å²) in [6.07, 6.45) is 0. The van der Waals surface area contributed by atoms with Gasteiger partial charge in [-0.1, -0.05) is 12.1 Å². The van der Waals surface area contributed by atoms with Gasteiger partial charge in [-0.05, 0) is 36.8 Å². The molecule has 2 aromatic rings. The topological polar surface area (TPSA) is 86.8 Å². The zero-order valence-electron chi connectivity index (χ0n) is 11.8. The quantitative estimate of drug-likeness (QED) is 0.804. The lowest BCUT2D eigenvalue weighted by Crippen LogP contribution is -2.30. The number of hydrogen-bond acceptors (Lipinski definition) is 4. The van der Waals surface area contributed by atoms with Gasteiger partial charge in [-0.3, -0.25) is 4.79 Å². The van der Waals surface area contributed by atoms with E-state index in [1.165, 1.54) is 18.2 Å². The Balaban J connectivity index is 2.33. The van der Waals surface area contributed by atoms with E-state index in [9.17, 15) is 15.0 Å². The molecule has 0 aliphatic rings. The molecule has 0 spiro atoms. The van der Waals surface area contributed by atoms with Crippen molar-refractivity contribution < 1.29 is 15.0 Å². The number of phenolic OH excluding ortho intramolecular Hbond substituents is 2. The highest BCUT2D eigenvalue weighted by molar-refractivity contribution is 6.06. The van der Waals surface area contributed by atoms with Gasteiger partial charge in [-0.25, -0.2) is 0 Å². The number of rotatable bonds is 4. The summed E-state index contributed by atoms with van der Waals surface area (Å²) >= 11 is 0. The normalized spacial score (nSPS) is 10.4. The first-order chi connectivity index (χ1) is 10.0. The van der Waals surface area contributed by atoms with E-state index in [-0.39, 0.29) is 23.0 Å². The molecule has 0 aromatic heterocycles. The first-order valence-corrected chi connectivity index (χ1v) is 6.69. The number of benzene rings is 2. The number of nitrogens with zero attached hydrogens (tertiary/aromatic N) is 1. The van der Waals surface area contributed by atoms with E-state index in [0.29, 0.717) is 13.1 Å². The van der Waals surface area contributed by atoms with Crippen molar-refractivity contribution in [3.8, 4) is 11.5 Å². The van der Waals surface area contributed by atoms with Gasteiger partial charge >= 0.3 is 0 Å². The van der Waals surface area contributed by atoms with Crippen molar-refractivity contribution in [3.05, 3.63) is 53.6 Å². The van der Waals surface area contributed by atoms with E-state index in [2.05, 4.69) is 0 Å². The Morgan fingerprint density at radius 2 is 1.67 bits per heavy atom. The summed E-state index contributed by atoms with van der Waals surface area (Å²) in [5.41, 5.74) is 7.51. The molecule has 1 amide bonds. The van der Waals surface area contributed by atoms with Crippen LogP contribution in [0.4, 0.5) is 5.69 Å². The molecular formula is C16H18N2O3. The smallest absolute Gasteiger partial charge is 0.258 e. The van der Waals surface area contributed by atoms with Gasteiger partial charge in [0, 0.05) is 30.4 Å². The summed E-state index contributed by atoms with van der Waals surface area (Å²) in [5.74, 6) is -0.579. The zero-order valence-corrected chi connectivity index (χ0v) is 11.8. The van der Waals surface area contributed by atoms with E-state index in [4.69, 9.17) is 5.73 Å². The number of nitrogens with two attached hydrogens (primary N) is 1. The summed E-state index contributed by atoms with van der Waals surface area (Å²) < 4.78 is 0. The monoisotopic (exact) mass is 286 g/mol. The molecule has 4 N–H and O–H groups in total. The third-order valence-corrected chi connectivity index (χ3v) is 3.19. The Labute approximate surface area is 123 Å². The van der Waals surface area contributed by atoms with Crippen LogP contribution in [-0.2, 0) is 6.54 Å². The standard InChI is InChI=1S/C16H18N2O3/c1-2-18(13-5-3-11(10-17)4-6-13)16(21)12-7-14(19)9-15(20)8-12/h3-9,19-20H,2,10,17H2,1H3. The fourth-order valence-corrected chi connectivity index (χ4v) is 2.13. The van der Waals surface area contributed by atoms with Crippen molar-refractivity contribution in [1.82, 2.24) is 0 Å². The summed E-state index contributed by atoms with van der Waals surface area (Å²) in [6, 6.07) is 11.2. The van der Waals surface area contributed by atoms with Crippen LogP contribution in [0.5, 0.6) is 11.5 Å². The van der Waals surface area contributed by atoms with E-state index in [0.717, 1.165) is 11.3 Å². The molecule has 110 valence electrons. The van der Waals surface area contributed by atoms with Crippen LogP contribution in [0.1, 0.15) is 22.8 Å². The Morgan fingerprint density at radius 3 is 2.14 bits per heavy atom. The predicted octanol–water partition coefficient (Wildman–Crippen LogP) is 2.22. The molecule has 0 heterocycles. The lowest BCUT2D eigenvalue weighted by atomic mass is 10.1. The molecule has 5 nitrogen and oxygen atoms in total. The lowest BCUT2D eigenvalue weighted by molar-refractivity contribution is 0.0987. The van der Waals surface area contributed by atoms with Gasteiger partial charge in [0.25, 0.3) is 5.91 Å². The van der Waals surface area contributed by atoms with Crippen molar-refractivity contribution in [1.29, 1.82) is 0 Å². The van der Waals surface area contributed by atoms with Gasteiger partial charge in [0.15, 0.2) is 0 Å². The summed E-state index contributed by atoms with van der Waals surface area (Å²) in [4.78, 5) is 14.1. The second-order valence-electron chi connectivity index (χ2n) is 4.66. The molecule has 0 bridgehead atoms. The molecular weight excluding hydrogens is 268 g/mol.